The highest BCUT2D eigenvalue weighted by atomic mass is 19.1. The van der Waals surface area contributed by atoms with Crippen LogP contribution in [0.5, 0.6) is 0 Å². The minimum atomic E-state index is -0.349. The number of hydrogen-bond donors (Lipinski definition) is 1. The van der Waals surface area contributed by atoms with Gasteiger partial charge in [-0.25, -0.2) is 4.39 Å². The second kappa shape index (κ2) is 7.86. The summed E-state index contributed by atoms with van der Waals surface area (Å²) < 4.78 is 18.8. The number of hydrogen-bond acceptors (Lipinski definition) is 4. The lowest BCUT2D eigenvalue weighted by Gasteiger charge is -2.29. The van der Waals surface area contributed by atoms with Gasteiger partial charge in [-0.15, -0.1) is 0 Å². The Bertz CT molecular complexity index is 534. The van der Waals surface area contributed by atoms with Crippen LogP contribution < -0.4 is 5.32 Å². The number of carbonyl (C=O) groups is 1. The van der Waals surface area contributed by atoms with Crippen LogP contribution in [0.25, 0.3) is 0 Å². The number of rotatable bonds is 3. The van der Waals surface area contributed by atoms with E-state index in [1.54, 1.807) is 12.1 Å². The van der Waals surface area contributed by atoms with Crippen LogP contribution >= 0.6 is 0 Å². The van der Waals surface area contributed by atoms with Crippen molar-refractivity contribution in [3.63, 3.8) is 0 Å². The maximum Gasteiger partial charge on any atom is 0.253 e. The van der Waals surface area contributed by atoms with E-state index < -0.39 is 0 Å². The van der Waals surface area contributed by atoms with Gasteiger partial charge in [0.1, 0.15) is 11.9 Å². The van der Waals surface area contributed by atoms with Gasteiger partial charge < -0.3 is 15.0 Å². The second-order valence-corrected chi connectivity index (χ2v) is 6.15. The molecule has 23 heavy (non-hydrogen) atoms. The zero-order chi connectivity index (χ0) is 16.1. The number of halogens is 1. The first-order valence-corrected chi connectivity index (χ1v) is 8.30. The minimum Gasteiger partial charge on any atom is -0.366 e. The number of benzene rings is 1. The molecular weight excluding hydrogens is 297 g/mol. The summed E-state index contributed by atoms with van der Waals surface area (Å²) in [5.74, 6) is -0.110. The van der Waals surface area contributed by atoms with Crippen molar-refractivity contribution < 1.29 is 13.9 Å². The third kappa shape index (κ3) is 4.50. The zero-order valence-corrected chi connectivity index (χ0v) is 13.3. The summed E-state index contributed by atoms with van der Waals surface area (Å²) in [6, 6.07) is 6.73. The standard InChI is InChI=1S/C17H24FN3O2/c18-15-4-1-3-14(11-15)13-20-6-2-7-21(9-8-20)17(22)16-12-19-5-10-23-16/h1,3-4,11,16,19H,2,5-10,12-13H2/t16-/m1/s1. The van der Waals surface area contributed by atoms with Crippen LogP contribution in [0.3, 0.4) is 0 Å². The average molecular weight is 321 g/mol. The Balaban J connectivity index is 1.53. The lowest BCUT2D eigenvalue weighted by Crippen LogP contribution is -2.50. The van der Waals surface area contributed by atoms with Gasteiger partial charge in [-0.2, -0.15) is 0 Å². The summed E-state index contributed by atoms with van der Waals surface area (Å²) >= 11 is 0. The Morgan fingerprint density at radius 3 is 3.00 bits per heavy atom. The fourth-order valence-electron chi connectivity index (χ4n) is 3.17. The maximum absolute atomic E-state index is 13.3. The van der Waals surface area contributed by atoms with Crippen LogP contribution in [0.2, 0.25) is 0 Å². The fourth-order valence-corrected chi connectivity index (χ4v) is 3.17. The van der Waals surface area contributed by atoms with Gasteiger partial charge in [-0.3, -0.25) is 9.69 Å². The molecule has 0 spiro atoms. The third-order valence-electron chi connectivity index (χ3n) is 4.40. The molecule has 2 heterocycles. The minimum absolute atomic E-state index is 0.0878. The molecule has 0 saturated carbocycles. The molecule has 1 atom stereocenters. The highest BCUT2D eigenvalue weighted by Crippen LogP contribution is 2.12. The van der Waals surface area contributed by atoms with Crippen molar-refractivity contribution in [2.75, 3.05) is 45.9 Å². The molecule has 2 saturated heterocycles. The van der Waals surface area contributed by atoms with E-state index in [0.717, 1.165) is 44.7 Å². The van der Waals surface area contributed by atoms with Crippen molar-refractivity contribution in [2.45, 2.75) is 19.1 Å². The van der Waals surface area contributed by atoms with Crippen molar-refractivity contribution in [3.8, 4) is 0 Å². The SMILES string of the molecule is O=C([C@H]1CNCCO1)N1CCCN(Cc2cccc(F)c2)CC1. The van der Waals surface area contributed by atoms with Crippen LogP contribution in [0, 0.1) is 5.82 Å². The molecule has 5 nitrogen and oxygen atoms in total. The molecule has 1 aromatic carbocycles. The number of morpholine rings is 1. The monoisotopic (exact) mass is 321 g/mol. The second-order valence-electron chi connectivity index (χ2n) is 6.15. The van der Waals surface area contributed by atoms with Crippen LogP contribution in [-0.4, -0.2) is 67.7 Å². The molecule has 3 rings (SSSR count). The molecule has 2 aliphatic heterocycles. The Morgan fingerprint density at radius 1 is 1.30 bits per heavy atom. The van der Waals surface area contributed by atoms with E-state index >= 15 is 0 Å². The molecule has 1 N–H and O–H groups in total. The molecule has 0 aliphatic carbocycles. The first-order valence-electron chi connectivity index (χ1n) is 8.30. The summed E-state index contributed by atoms with van der Waals surface area (Å²) in [4.78, 5) is 16.7. The number of carbonyl (C=O) groups excluding carboxylic acids is 1. The van der Waals surface area contributed by atoms with Crippen molar-refractivity contribution in [3.05, 3.63) is 35.6 Å². The average Bonchev–Trinajstić information content (AvgIpc) is 2.81. The van der Waals surface area contributed by atoms with Gasteiger partial charge in [0.05, 0.1) is 6.61 Å². The number of ether oxygens (including phenoxy) is 1. The summed E-state index contributed by atoms with van der Waals surface area (Å²) in [6.07, 6.45) is 0.583. The van der Waals surface area contributed by atoms with Crippen molar-refractivity contribution >= 4 is 5.91 Å². The normalized spacial score (nSPS) is 23.5. The van der Waals surface area contributed by atoms with Crippen LogP contribution in [0.1, 0.15) is 12.0 Å². The molecule has 1 aromatic rings. The van der Waals surface area contributed by atoms with Gasteiger partial charge in [-0.1, -0.05) is 12.1 Å². The van der Waals surface area contributed by atoms with Crippen LogP contribution in [0.15, 0.2) is 24.3 Å². The highest BCUT2D eigenvalue weighted by Gasteiger charge is 2.28. The quantitative estimate of drug-likeness (QED) is 0.896. The first-order chi connectivity index (χ1) is 11.2. The van der Waals surface area contributed by atoms with Gasteiger partial charge in [0.2, 0.25) is 0 Å². The van der Waals surface area contributed by atoms with E-state index in [2.05, 4.69) is 10.2 Å². The number of nitrogens with one attached hydrogen (secondary N) is 1. The van der Waals surface area contributed by atoms with Gasteiger partial charge in [0.15, 0.2) is 0 Å². The van der Waals surface area contributed by atoms with Crippen molar-refractivity contribution in [1.29, 1.82) is 0 Å². The summed E-state index contributed by atoms with van der Waals surface area (Å²) in [5.41, 5.74) is 0.976. The van der Waals surface area contributed by atoms with Crippen LogP contribution in [0.4, 0.5) is 4.39 Å². The van der Waals surface area contributed by atoms with Gasteiger partial charge in [0.25, 0.3) is 5.91 Å². The topological polar surface area (TPSA) is 44.8 Å². The summed E-state index contributed by atoms with van der Waals surface area (Å²) in [6.45, 7) is 5.92. The first kappa shape index (κ1) is 16.4. The lowest BCUT2D eigenvalue weighted by atomic mass is 10.2. The summed E-state index contributed by atoms with van der Waals surface area (Å²) in [7, 11) is 0. The fraction of sp³-hybridized carbons (Fsp3) is 0.588. The van der Waals surface area contributed by atoms with E-state index in [1.807, 2.05) is 11.0 Å². The largest absolute Gasteiger partial charge is 0.366 e. The van der Waals surface area contributed by atoms with Gasteiger partial charge in [0, 0.05) is 45.8 Å². The maximum atomic E-state index is 13.3. The van der Waals surface area contributed by atoms with Crippen LogP contribution in [-0.2, 0) is 16.1 Å². The Hall–Kier alpha value is -1.50. The molecule has 6 heteroatoms. The predicted molar refractivity (Wildman–Crippen MR) is 85.5 cm³/mol. The smallest absolute Gasteiger partial charge is 0.253 e. The Morgan fingerprint density at radius 2 is 2.22 bits per heavy atom. The van der Waals surface area contributed by atoms with E-state index in [1.165, 1.54) is 6.07 Å². The van der Waals surface area contributed by atoms with E-state index in [4.69, 9.17) is 4.74 Å². The molecule has 0 aromatic heterocycles. The van der Waals surface area contributed by atoms with Crippen molar-refractivity contribution in [1.82, 2.24) is 15.1 Å². The molecule has 2 fully saturated rings. The molecule has 0 radical (unpaired) electrons. The molecule has 0 bridgehead atoms. The number of amides is 1. The summed E-state index contributed by atoms with van der Waals surface area (Å²) in [5, 5.41) is 3.20. The lowest BCUT2D eigenvalue weighted by molar-refractivity contribution is -0.145. The Kier molecular flexibility index (Phi) is 5.59. The third-order valence-corrected chi connectivity index (χ3v) is 4.40. The van der Waals surface area contributed by atoms with E-state index in [0.29, 0.717) is 19.7 Å². The van der Waals surface area contributed by atoms with Crippen molar-refractivity contribution in [2.24, 2.45) is 0 Å². The van der Waals surface area contributed by atoms with E-state index in [-0.39, 0.29) is 17.8 Å². The molecule has 2 aliphatic rings. The number of nitrogens with zero attached hydrogens (tertiary/aromatic N) is 2. The molecule has 0 unspecified atom stereocenters. The predicted octanol–water partition coefficient (Wildman–Crippen LogP) is 0.848. The Labute approximate surface area is 136 Å². The van der Waals surface area contributed by atoms with Gasteiger partial charge >= 0.3 is 0 Å². The molecule has 1 amide bonds. The molecular formula is C17H24FN3O2. The van der Waals surface area contributed by atoms with Gasteiger partial charge in [-0.05, 0) is 24.1 Å². The highest BCUT2D eigenvalue weighted by molar-refractivity contribution is 5.81. The molecule has 126 valence electrons. The zero-order valence-electron chi connectivity index (χ0n) is 13.3. The van der Waals surface area contributed by atoms with E-state index in [9.17, 15) is 9.18 Å².